The van der Waals surface area contributed by atoms with E-state index < -0.39 is 5.54 Å². The van der Waals surface area contributed by atoms with E-state index in [1.807, 2.05) is 47.4 Å². The highest BCUT2D eigenvalue weighted by molar-refractivity contribution is 6.31. The topological polar surface area (TPSA) is 51.5 Å². The van der Waals surface area contributed by atoms with E-state index >= 15 is 0 Å². The number of para-hydroxylation sites is 2. The molecule has 0 amide bonds. The second-order valence-corrected chi connectivity index (χ2v) is 6.86. The second-order valence-electron chi connectivity index (χ2n) is 6.86. The summed E-state index contributed by atoms with van der Waals surface area (Å²) in [5.74, 6) is -0.274. The van der Waals surface area contributed by atoms with E-state index in [0.29, 0.717) is 31.9 Å². The van der Waals surface area contributed by atoms with Gasteiger partial charge in [0, 0.05) is 29.4 Å². The minimum atomic E-state index is -1.19. The Morgan fingerprint density at radius 1 is 0.960 bits per heavy atom. The molecule has 0 spiro atoms. The maximum atomic E-state index is 13.6. The standard InChI is InChI=1S/C20H18N2O3/c1-20(21-9-11-25-12-10-21)18(23)15-7-4-6-14-13-5-2-3-8-16(13)22(17(14)15)19(20)24/h2-8H,9-12H2,1H3. The lowest BCUT2D eigenvalue weighted by Crippen LogP contribution is -2.63. The average Bonchev–Trinajstić information content (AvgIpc) is 3.00. The molecule has 1 unspecified atom stereocenters. The summed E-state index contributed by atoms with van der Waals surface area (Å²) in [6, 6.07) is 13.6. The third kappa shape index (κ3) is 1.74. The maximum Gasteiger partial charge on any atom is 0.259 e. The van der Waals surface area contributed by atoms with Crippen LogP contribution in [0.5, 0.6) is 0 Å². The van der Waals surface area contributed by atoms with Crippen LogP contribution in [-0.2, 0) is 4.74 Å². The van der Waals surface area contributed by atoms with Crippen LogP contribution < -0.4 is 0 Å². The quantitative estimate of drug-likeness (QED) is 0.642. The van der Waals surface area contributed by atoms with Crippen LogP contribution in [0.25, 0.3) is 21.8 Å². The number of fused-ring (bicyclic) bond motifs is 3. The van der Waals surface area contributed by atoms with Crippen LogP contribution >= 0.6 is 0 Å². The first kappa shape index (κ1) is 14.8. The first-order valence-corrected chi connectivity index (χ1v) is 8.58. The number of morpholine rings is 1. The molecule has 2 aromatic carbocycles. The third-order valence-electron chi connectivity index (χ3n) is 5.64. The molecule has 1 aromatic heterocycles. The zero-order valence-corrected chi connectivity index (χ0v) is 14.0. The van der Waals surface area contributed by atoms with Gasteiger partial charge >= 0.3 is 0 Å². The Labute approximate surface area is 144 Å². The van der Waals surface area contributed by atoms with Crippen LogP contribution in [0.2, 0.25) is 0 Å². The van der Waals surface area contributed by atoms with Gasteiger partial charge < -0.3 is 4.74 Å². The fraction of sp³-hybridized carbons (Fsp3) is 0.300. The van der Waals surface area contributed by atoms with Crippen molar-refractivity contribution in [3.05, 3.63) is 48.0 Å². The number of carbonyl (C=O) groups is 2. The van der Waals surface area contributed by atoms with E-state index in [0.717, 1.165) is 21.8 Å². The molecular weight excluding hydrogens is 316 g/mol. The Morgan fingerprint density at radius 2 is 1.68 bits per heavy atom. The first-order chi connectivity index (χ1) is 12.1. The predicted molar refractivity (Wildman–Crippen MR) is 95.2 cm³/mol. The Balaban J connectivity index is 1.85. The second kappa shape index (κ2) is 5.00. The van der Waals surface area contributed by atoms with Crippen molar-refractivity contribution in [3.63, 3.8) is 0 Å². The Hall–Kier alpha value is -2.50. The number of hydrogen-bond acceptors (Lipinski definition) is 4. The van der Waals surface area contributed by atoms with Crippen molar-refractivity contribution >= 4 is 33.5 Å². The minimum absolute atomic E-state index is 0.111. The van der Waals surface area contributed by atoms with Crippen molar-refractivity contribution in [1.29, 1.82) is 0 Å². The van der Waals surface area contributed by atoms with E-state index in [1.165, 1.54) is 0 Å². The van der Waals surface area contributed by atoms with E-state index in [9.17, 15) is 9.59 Å². The molecule has 5 rings (SSSR count). The van der Waals surface area contributed by atoms with Gasteiger partial charge in [-0.15, -0.1) is 0 Å². The van der Waals surface area contributed by atoms with Gasteiger partial charge in [0.05, 0.1) is 24.2 Å². The average molecular weight is 334 g/mol. The van der Waals surface area contributed by atoms with Crippen molar-refractivity contribution in [1.82, 2.24) is 9.47 Å². The van der Waals surface area contributed by atoms with E-state index in [1.54, 1.807) is 11.5 Å². The van der Waals surface area contributed by atoms with E-state index in [4.69, 9.17) is 4.74 Å². The van der Waals surface area contributed by atoms with Gasteiger partial charge in [-0.25, -0.2) is 0 Å². The predicted octanol–water partition coefficient (Wildman–Crippen LogP) is 2.72. The lowest BCUT2D eigenvalue weighted by molar-refractivity contribution is -0.00759. The van der Waals surface area contributed by atoms with E-state index in [-0.39, 0.29) is 11.7 Å². The maximum absolute atomic E-state index is 13.6. The highest BCUT2D eigenvalue weighted by atomic mass is 16.5. The zero-order chi connectivity index (χ0) is 17.2. The third-order valence-corrected chi connectivity index (χ3v) is 5.64. The van der Waals surface area contributed by atoms with Crippen LogP contribution in [0, 0.1) is 0 Å². The molecule has 0 aliphatic carbocycles. The number of hydrogen-bond donors (Lipinski definition) is 0. The fourth-order valence-electron chi connectivity index (χ4n) is 4.28. The molecule has 3 heterocycles. The molecule has 3 aromatic rings. The van der Waals surface area contributed by atoms with Crippen molar-refractivity contribution in [2.75, 3.05) is 26.3 Å². The number of ketones is 1. The number of rotatable bonds is 1. The fourth-order valence-corrected chi connectivity index (χ4v) is 4.28. The lowest BCUT2D eigenvalue weighted by Gasteiger charge is -2.42. The number of benzene rings is 2. The van der Waals surface area contributed by atoms with Gasteiger partial charge in [-0.1, -0.05) is 30.3 Å². The van der Waals surface area contributed by atoms with Gasteiger partial charge in [-0.3, -0.25) is 19.1 Å². The SMILES string of the molecule is CC1(N2CCOCC2)C(=O)c2cccc3c4ccccc4n(c23)C1=O. The molecule has 2 aliphatic heterocycles. The molecule has 1 fully saturated rings. The number of nitrogens with zero attached hydrogens (tertiary/aromatic N) is 2. The summed E-state index contributed by atoms with van der Waals surface area (Å²) < 4.78 is 7.16. The van der Waals surface area contributed by atoms with Crippen molar-refractivity contribution in [2.24, 2.45) is 0 Å². The Morgan fingerprint density at radius 3 is 2.48 bits per heavy atom. The number of carbonyl (C=O) groups excluding carboxylic acids is 2. The van der Waals surface area contributed by atoms with Crippen molar-refractivity contribution < 1.29 is 14.3 Å². The number of aromatic nitrogens is 1. The molecule has 0 N–H and O–H groups in total. The van der Waals surface area contributed by atoms with Crippen LogP contribution in [0.1, 0.15) is 22.1 Å². The van der Waals surface area contributed by atoms with Gasteiger partial charge in [0.15, 0.2) is 11.3 Å². The van der Waals surface area contributed by atoms with Crippen LogP contribution in [-0.4, -0.2) is 53.0 Å². The highest BCUT2D eigenvalue weighted by Gasteiger charge is 2.51. The molecule has 2 aliphatic rings. The normalized spacial score (nSPS) is 24.4. The molecule has 0 radical (unpaired) electrons. The smallest absolute Gasteiger partial charge is 0.259 e. The molecule has 126 valence electrons. The van der Waals surface area contributed by atoms with Crippen LogP contribution in [0.3, 0.4) is 0 Å². The number of Topliss-reactive ketones (excluding diaryl/α,β-unsaturated/α-hetero) is 1. The van der Waals surface area contributed by atoms with Crippen molar-refractivity contribution in [2.45, 2.75) is 12.5 Å². The van der Waals surface area contributed by atoms with Gasteiger partial charge in [0.1, 0.15) is 0 Å². The first-order valence-electron chi connectivity index (χ1n) is 8.58. The van der Waals surface area contributed by atoms with Gasteiger partial charge in [-0.05, 0) is 19.1 Å². The molecule has 5 nitrogen and oxygen atoms in total. The van der Waals surface area contributed by atoms with Crippen LogP contribution in [0.4, 0.5) is 0 Å². The van der Waals surface area contributed by atoms with Gasteiger partial charge in [0.2, 0.25) is 0 Å². The molecule has 1 atom stereocenters. The largest absolute Gasteiger partial charge is 0.379 e. The van der Waals surface area contributed by atoms with Crippen molar-refractivity contribution in [3.8, 4) is 0 Å². The summed E-state index contributed by atoms with van der Waals surface area (Å²) in [7, 11) is 0. The van der Waals surface area contributed by atoms with E-state index in [2.05, 4.69) is 0 Å². The molecule has 0 saturated carbocycles. The number of ether oxygens (including phenoxy) is 1. The molecule has 5 heteroatoms. The summed E-state index contributed by atoms with van der Waals surface area (Å²) in [6.07, 6.45) is 0. The Bertz CT molecular complexity index is 1050. The molecular formula is C20H18N2O3. The summed E-state index contributed by atoms with van der Waals surface area (Å²) in [4.78, 5) is 28.9. The van der Waals surface area contributed by atoms with Crippen LogP contribution in [0.15, 0.2) is 42.5 Å². The van der Waals surface area contributed by atoms with Gasteiger partial charge in [0.25, 0.3) is 5.91 Å². The lowest BCUT2D eigenvalue weighted by atomic mass is 9.84. The summed E-state index contributed by atoms with van der Waals surface area (Å²) in [5, 5.41) is 1.96. The summed E-state index contributed by atoms with van der Waals surface area (Å²) >= 11 is 0. The van der Waals surface area contributed by atoms with Gasteiger partial charge in [-0.2, -0.15) is 0 Å². The minimum Gasteiger partial charge on any atom is -0.379 e. The molecule has 1 saturated heterocycles. The summed E-state index contributed by atoms with van der Waals surface area (Å²) in [5.41, 5.74) is 1.04. The highest BCUT2D eigenvalue weighted by Crippen LogP contribution is 2.39. The molecule has 25 heavy (non-hydrogen) atoms. The Kier molecular flexibility index (Phi) is 2.96. The monoisotopic (exact) mass is 334 g/mol. The molecule has 0 bridgehead atoms. The summed E-state index contributed by atoms with van der Waals surface area (Å²) in [6.45, 7) is 4.01. The zero-order valence-electron chi connectivity index (χ0n) is 14.0.